The molecule has 144 valence electrons. The van der Waals surface area contributed by atoms with Gasteiger partial charge in [-0.1, -0.05) is 60.7 Å². The molecule has 4 rings (SSSR count). The third-order valence-corrected chi connectivity index (χ3v) is 5.33. The SMILES string of the molecule is C[C@@H](c1ccccc1)N(C)c1cc2cc(C(=O)O)ccc2nc1-c1ccccc1. The number of anilines is 1. The largest absolute Gasteiger partial charge is 0.478 e. The Morgan fingerprint density at radius 3 is 2.24 bits per heavy atom. The van der Waals surface area contributed by atoms with E-state index in [1.54, 1.807) is 18.2 Å². The molecule has 0 aliphatic carbocycles. The van der Waals surface area contributed by atoms with Crippen LogP contribution in [0.5, 0.6) is 0 Å². The predicted molar refractivity (Wildman–Crippen MR) is 117 cm³/mol. The lowest BCUT2D eigenvalue weighted by Crippen LogP contribution is -2.22. The van der Waals surface area contributed by atoms with Gasteiger partial charge in [-0.2, -0.15) is 0 Å². The highest BCUT2D eigenvalue weighted by molar-refractivity contribution is 5.96. The maximum absolute atomic E-state index is 11.4. The van der Waals surface area contributed by atoms with Crippen LogP contribution in [0.1, 0.15) is 28.9 Å². The Kier molecular flexibility index (Phi) is 5.00. The number of carboxylic acid groups (broad SMARTS) is 1. The van der Waals surface area contributed by atoms with Crippen molar-refractivity contribution in [3.63, 3.8) is 0 Å². The molecule has 1 heterocycles. The summed E-state index contributed by atoms with van der Waals surface area (Å²) in [4.78, 5) is 18.5. The zero-order valence-electron chi connectivity index (χ0n) is 16.4. The monoisotopic (exact) mass is 382 g/mol. The van der Waals surface area contributed by atoms with E-state index in [2.05, 4.69) is 24.0 Å². The van der Waals surface area contributed by atoms with Gasteiger partial charge < -0.3 is 10.0 Å². The van der Waals surface area contributed by atoms with Crippen molar-refractivity contribution in [2.75, 3.05) is 11.9 Å². The van der Waals surface area contributed by atoms with Crippen molar-refractivity contribution in [2.45, 2.75) is 13.0 Å². The van der Waals surface area contributed by atoms with Crippen molar-refractivity contribution in [2.24, 2.45) is 0 Å². The van der Waals surface area contributed by atoms with Crippen molar-refractivity contribution in [1.82, 2.24) is 4.98 Å². The fourth-order valence-corrected chi connectivity index (χ4v) is 3.54. The van der Waals surface area contributed by atoms with Crippen LogP contribution < -0.4 is 4.90 Å². The molecule has 4 nitrogen and oxygen atoms in total. The number of benzene rings is 3. The van der Waals surface area contributed by atoms with E-state index in [9.17, 15) is 9.90 Å². The van der Waals surface area contributed by atoms with E-state index in [1.165, 1.54) is 5.56 Å². The summed E-state index contributed by atoms with van der Waals surface area (Å²) < 4.78 is 0. The van der Waals surface area contributed by atoms with Crippen LogP contribution in [-0.4, -0.2) is 23.1 Å². The molecule has 0 unspecified atom stereocenters. The molecule has 1 N–H and O–H groups in total. The van der Waals surface area contributed by atoms with Gasteiger partial charge in [0, 0.05) is 18.0 Å². The van der Waals surface area contributed by atoms with Crippen LogP contribution >= 0.6 is 0 Å². The fourth-order valence-electron chi connectivity index (χ4n) is 3.54. The highest BCUT2D eigenvalue weighted by Crippen LogP contribution is 2.36. The molecule has 0 radical (unpaired) electrons. The standard InChI is InChI=1S/C25H22N2O2/c1-17(18-9-5-3-6-10-18)27(2)23-16-21-15-20(25(28)29)13-14-22(21)26-24(23)19-11-7-4-8-12-19/h3-17H,1-2H3,(H,28,29)/t17-/m0/s1. The average Bonchev–Trinajstić information content (AvgIpc) is 2.78. The molecular weight excluding hydrogens is 360 g/mol. The van der Waals surface area contributed by atoms with E-state index in [0.29, 0.717) is 0 Å². The molecule has 29 heavy (non-hydrogen) atoms. The van der Waals surface area contributed by atoms with E-state index >= 15 is 0 Å². The van der Waals surface area contributed by atoms with Crippen molar-refractivity contribution in [3.8, 4) is 11.3 Å². The first-order valence-corrected chi connectivity index (χ1v) is 9.56. The number of rotatable bonds is 5. The zero-order chi connectivity index (χ0) is 20.4. The molecule has 0 bridgehead atoms. The van der Waals surface area contributed by atoms with Gasteiger partial charge in [0.2, 0.25) is 0 Å². The van der Waals surface area contributed by atoms with Crippen LogP contribution in [0.3, 0.4) is 0 Å². The van der Waals surface area contributed by atoms with Gasteiger partial charge in [-0.15, -0.1) is 0 Å². The van der Waals surface area contributed by atoms with Gasteiger partial charge in [-0.05, 0) is 36.8 Å². The number of pyridine rings is 1. The molecule has 1 atom stereocenters. The van der Waals surface area contributed by atoms with Crippen molar-refractivity contribution < 1.29 is 9.90 Å². The maximum Gasteiger partial charge on any atom is 0.335 e. The van der Waals surface area contributed by atoms with E-state index in [1.807, 2.05) is 61.6 Å². The van der Waals surface area contributed by atoms with E-state index < -0.39 is 5.97 Å². The Bertz CT molecular complexity index is 1160. The van der Waals surface area contributed by atoms with Gasteiger partial charge in [0.1, 0.15) is 0 Å². The molecule has 4 heteroatoms. The van der Waals surface area contributed by atoms with Gasteiger partial charge in [0.05, 0.1) is 28.5 Å². The molecule has 0 saturated carbocycles. The van der Waals surface area contributed by atoms with Gasteiger partial charge >= 0.3 is 5.97 Å². The Balaban J connectivity index is 1.90. The summed E-state index contributed by atoms with van der Waals surface area (Å²) in [5, 5.41) is 10.2. The molecule has 0 fully saturated rings. The molecule has 3 aromatic carbocycles. The lowest BCUT2D eigenvalue weighted by molar-refractivity contribution is 0.0697. The lowest BCUT2D eigenvalue weighted by Gasteiger charge is -2.29. The quantitative estimate of drug-likeness (QED) is 0.474. The molecule has 0 amide bonds. The lowest BCUT2D eigenvalue weighted by atomic mass is 10.0. The number of hydrogen-bond donors (Lipinski definition) is 1. The number of aromatic nitrogens is 1. The second-order valence-corrected chi connectivity index (χ2v) is 7.13. The summed E-state index contributed by atoms with van der Waals surface area (Å²) in [6, 6.07) is 27.6. The highest BCUT2D eigenvalue weighted by atomic mass is 16.4. The predicted octanol–water partition coefficient (Wildman–Crippen LogP) is 5.80. The van der Waals surface area contributed by atoms with Crippen molar-refractivity contribution >= 4 is 22.6 Å². The van der Waals surface area contributed by atoms with E-state index in [0.717, 1.165) is 27.8 Å². The smallest absolute Gasteiger partial charge is 0.335 e. The summed E-state index contributed by atoms with van der Waals surface area (Å²) >= 11 is 0. The highest BCUT2D eigenvalue weighted by Gasteiger charge is 2.19. The van der Waals surface area contributed by atoms with Crippen LogP contribution in [0.4, 0.5) is 5.69 Å². The average molecular weight is 382 g/mol. The van der Waals surface area contributed by atoms with Crippen molar-refractivity contribution in [3.05, 3.63) is 96.1 Å². The minimum absolute atomic E-state index is 0.126. The molecule has 1 aromatic heterocycles. The Morgan fingerprint density at radius 1 is 0.931 bits per heavy atom. The molecular formula is C25H22N2O2. The van der Waals surface area contributed by atoms with E-state index in [-0.39, 0.29) is 11.6 Å². The zero-order valence-corrected chi connectivity index (χ0v) is 16.4. The molecule has 0 saturated heterocycles. The topological polar surface area (TPSA) is 53.4 Å². The number of aromatic carboxylic acids is 1. The number of hydrogen-bond acceptors (Lipinski definition) is 3. The minimum Gasteiger partial charge on any atom is -0.478 e. The summed E-state index contributed by atoms with van der Waals surface area (Å²) in [7, 11) is 2.05. The normalized spacial score (nSPS) is 11.9. The maximum atomic E-state index is 11.4. The number of nitrogens with zero attached hydrogens (tertiary/aromatic N) is 2. The van der Waals surface area contributed by atoms with Crippen LogP contribution in [0.15, 0.2) is 84.9 Å². The molecule has 4 aromatic rings. The molecule has 0 aliphatic rings. The number of carbonyl (C=O) groups is 1. The van der Waals surface area contributed by atoms with Crippen LogP contribution in [0.2, 0.25) is 0 Å². The Labute approximate surface area is 170 Å². The van der Waals surface area contributed by atoms with Gasteiger partial charge in [0.15, 0.2) is 0 Å². The van der Waals surface area contributed by atoms with Crippen LogP contribution in [-0.2, 0) is 0 Å². The summed E-state index contributed by atoms with van der Waals surface area (Å²) in [6.07, 6.45) is 0. The Hall–Kier alpha value is -3.66. The summed E-state index contributed by atoms with van der Waals surface area (Å²) in [5.74, 6) is -0.938. The second kappa shape index (κ2) is 7.76. The summed E-state index contributed by atoms with van der Waals surface area (Å²) in [6.45, 7) is 2.15. The van der Waals surface area contributed by atoms with Crippen LogP contribution in [0.25, 0.3) is 22.2 Å². The first-order valence-electron chi connectivity index (χ1n) is 9.56. The summed E-state index contributed by atoms with van der Waals surface area (Å²) in [5.41, 5.74) is 5.11. The number of fused-ring (bicyclic) bond motifs is 1. The minimum atomic E-state index is -0.938. The number of carboxylic acids is 1. The van der Waals surface area contributed by atoms with Crippen LogP contribution in [0, 0.1) is 0 Å². The third-order valence-electron chi connectivity index (χ3n) is 5.33. The van der Waals surface area contributed by atoms with Gasteiger partial charge in [0.25, 0.3) is 0 Å². The van der Waals surface area contributed by atoms with Gasteiger partial charge in [-0.3, -0.25) is 0 Å². The van der Waals surface area contributed by atoms with Crippen molar-refractivity contribution in [1.29, 1.82) is 0 Å². The van der Waals surface area contributed by atoms with Gasteiger partial charge in [-0.25, -0.2) is 9.78 Å². The van der Waals surface area contributed by atoms with E-state index in [4.69, 9.17) is 4.98 Å². The Morgan fingerprint density at radius 2 is 1.59 bits per heavy atom. The first-order chi connectivity index (χ1) is 14.0. The third kappa shape index (κ3) is 3.69. The molecule has 0 spiro atoms. The molecule has 0 aliphatic heterocycles. The second-order valence-electron chi connectivity index (χ2n) is 7.13. The fraction of sp³-hybridized carbons (Fsp3) is 0.120. The first kappa shape index (κ1) is 18.7.